The highest BCUT2D eigenvalue weighted by atomic mass is 127. The molecule has 0 aromatic rings. The van der Waals surface area contributed by atoms with Crippen LogP contribution in [-0.4, -0.2) is 0 Å². The monoisotopic (exact) mass is 250 g/mol. The predicted molar refractivity (Wildman–Crippen MR) is 56.4 cm³/mol. The van der Waals surface area contributed by atoms with Crippen molar-refractivity contribution in [1.82, 2.24) is 0 Å². The van der Waals surface area contributed by atoms with Gasteiger partial charge >= 0.3 is 0 Å². The van der Waals surface area contributed by atoms with E-state index in [1.165, 1.54) is 14.7 Å². The topological polar surface area (TPSA) is 0 Å². The first-order valence-electron chi connectivity index (χ1n) is 3.50. The molecular formula is C9H15I. The highest BCUT2D eigenvalue weighted by molar-refractivity contribution is 14.1. The van der Waals surface area contributed by atoms with Crippen LogP contribution in [0.4, 0.5) is 0 Å². The second kappa shape index (κ2) is 4.94. The summed E-state index contributed by atoms with van der Waals surface area (Å²) in [5.74, 6) is 0. The van der Waals surface area contributed by atoms with Crippen LogP contribution in [0, 0.1) is 0 Å². The average molecular weight is 250 g/mol. The fourth-order valence-corrected chi connectivity index (χ4v) is 0.843. The second-order valence-electron chi connectivity index (χ2n) is 2.86. The van der Waals surface area contributed by atoms with Gasteiger partial charge in [-0.3, -0.25) is 0 Å². The van der Waals surface area contributed by atoms with E-state index in [4.69, 9.17) is 0 Å². The van der Waals surface area contributed by atoms with Gasteiger partial charge in [0.25, 0.3) is 0 Å². The summed E-state index contributed by atoms with van der Waals surface area (Å²) in [5.41, 5.74) is 2.71. The van der Waals surface area contributed by atoms with Gasteiger partial charge in [0.15, 0.2) is 0 Å². The minimum atomic E-state index is 1.13. The van der Waals surface area contributed by atoms with Gasteiger partial charge in [0.2, 0.25) is 0 Å². The smallest absolute Gasteiger partial charge is 0.0104 e. The summed E-state index contributed by atoms with van der Waals surface area (Å²) in [6.45, 7) is 10.2. The molecule has 0 saturated carbocycles. The molecule has 0 atom stereocenters. The zero-order valence-corrected chi connectivity index (χ0v) is 9.16. The Labute approximate surface area is 77.5 Å². The van der Waals surface area contributed by atoms with Crippen LogP contribution in [0.5, 0.6) is 0 Å². The molecule has 10 heavy (non-hydrogen) atoms. The van der Waals surface area contributed by atoms with Crippen molar-refractivity contribution in [3.8, 4) is 0 Å². The molecule has 0 aromatic heterocycles. The maximum atomic E-state index is 3.86. The van der Waals surface area contributed by atoms with Crippen molar-refractivity contribution in [1.29, 1.82) is 0 Å². The first kappa shape index (κ1) is 10.2. The SMILES string of the molecule is C=C(C)CCC(I)=C(C)C. The molecule has 0 aliphatic heterocycles. The Hall–Kier alpha value is 0.210. The van der Waals surface area contributed by atoms with Gasteiger partial charge in [0.05, 0.1) is 0 Å². The van der Waals surface area contributed by atoms with E-state index in [0.29, 0.717) is 0 Å². The molecule has 1 heteroatoms. The second-order valence-corrected chi connectivity index (χ2v) is 4.16. The fourth-order valence-electron chi connectivity index (χ4n) is 0.573. The van der Waals surface area contributed by atoms with Crippen molar-refractivity contribution in [3.05, 3.63) is 21.3 Å². The van der Waals surface area contributed by atoms with E-state index in [0.717, 1.165) is 12.8 Å². The molecule has 0 aliphatic rings. The van der Waals surface area contributed by atoms with Crippen LogP contribution >= 0.6 is 22.6 Å². The highest BCUT2D eigenvalue weighted by Crippen LogP contribution is 2.19. The van der Waals surface area contributed by atoms with Crippen molar-refractivity contribution in [2.24, 2.45) is 0 Å². The number of rotatable bonds is 3. The van der Waals surface area contributed by atoms with Gasteiger partial charge in [-0.1, -0.05) is 11.1 Å². The van der Waals surface area contributed by atoms with E-state index in [2.05, 4.69) is 49.9 Å². The standard InChI is InChI=1S/C9H15I/c1-7(2)5-6-9(10)8(3)4/h1,5-6H2,2-4H3. The lowest BCUT2D eigenvalue weighted by atomic mass is 10.1. The number of hydrogen-bond donors (Lipinski definition) is 0. The Balaban J connectivity index is 3.71. The Morgan fingerprint density at radius 3 is 2.00 bits per heavy atom. The molecular weight excluding hydrogens is 235 g/mol. The lowest BCUT2D eigenvalue weighted by Gasteiger charge is -2.00. The number of allylic oxidation sites excluding steroid dienone is 3. The van der Waals surface area contributed by atoms with Gasteiger partial charge in [-0.2, -0.15) is 0 Å². The Morgan fingerprint density at radius 1 is 1.20 bits per heavy atom. The first-order chi connectivity index (χ1) is 4.54. The van der Waals surface area contributed by atoms with Crippen molar-refractivity contribution in [2.45, 2.75) is 33.6 Å². The van der Waals surface area contributed by atoms with Crippen LogP contribution in [0.3, 0.4) is 0 Å². The summed E-state index contributed by atoms with van der Waals surface area (Å²) in [6, 6.07) is 0. The van der Waals surface area contributed by atoms with E-state index in [1.54, 1.807) is 0 Å². The third-order valence-electron chi connectivity index (χ3n) is 1.31. The van der Waals surface area contributed by atoms with Gasteiger partial charge in [0, 0.05) is 0 Å². The van der Waals surface area contributed by atoms with Crippen LogP contribution < -0.4 is 0 Å². The van der Waals surface area contributed by atoms with Crippen LogP contribution in [0.25, 0.3) is 0 Å². The normalized spacial score (nSPS) is 9.20. The van der Waals surface area contributed by atoms with Crippen LogP contribution in [-0.2, 0) is 0 Å². The van der Waals surface area contributed by atoms with Crippen molar-refractivity contribution >= 4 is 22.6 Å². The zero-order chi connectivity index (χ0) is 8.15. The van der Waals surface area contributed by atoms with E-state index < -0.39 is 0 Å². The molecule has 0 spiro atoms. The van der Waals surface area contributed by atoms with Gasteiger partial charge in [-0.15, -0.1) is 6.58 Å². The molecule has 58 valence electrons. The first-order valence-corrected chi connectivity index (χ1v) is 4.58. The molecule has 0 aromatic carbocycles. The zero-order valence-electron chi connectivity index (χ0n) is 7.00. The maximum absolute atomic E-state index is 3.86. The molecule has 0 N–H and O–H groups in total. The van der Waals surface area contributed by atoms with Gasteiger partial charge in [-0.05, 0) is 59.8 Å². The number of hydrogen-bond acceptors (Lipinski definition) is 0. The Bertz CT molecular complexity index is 150. The minimum Gasteiger partial charge on any atom is -0.100 e. The number of halogens is 1. The summed E-state index contributed by atoms with van der Waals surface area (Å²) < 4.78 is 1.47. The third kappa shape index (κ3) is 5.03. The summed E-state index contributed by atoms with van der Waals surface area (Å²) in [4.78, 5) is 0. The lowest BCUT2D eigenvalue weighted by Crippen LogP contribution is -1.78. The van der Waals surface area contributed by atoms with Gasteiger partial charge in [0.1, 0.15) is 0 Å². The summed E-state index contributed by atoms with van der Waals surface area (Å²) >= 11 is 2.40. The van der Waals surface area contributed by atoms with E-state index in [9.17, 15) is 0 Å². The van der Waals surface area contributed by atoms with Gasteiger partial charge in [-0.25, -0.2) is 0 Å². The lowest BCUT2D eigenvalue weighted by molar-refractivity contribution is 0.967. The molecule has 0 amide bonds. The van der Waals surface area contributed by atoms with Gasteiger partial charge < -0.3 is 0 Å². The Kier molecular flexibility index (Phi) is 5.04. The summed E-state index contributed by atoms with van der Waals surface area (Å²) in [6.07, 6.45) is 2.29. The maximum Gasteiger partial charge on any atom is -0.0104 e. The molecule has 0 radical (unpaired) electrons. The average Bonchev–Trinajstić information content (AvgIpc) is 1.82. The third-order valence-corrected chi connectivity index (χ3v) is 2.93. The van der Waals surface area contributed by atoms with Crippen molar-refractivity contribution < 1.29 is 0 Å². The van der Waals surface area contributed by atoms with Crippen LogP contribution in [0.1, 0.15) is 33.6 Å². The quantitative estimate of drug-likeness (QED) is 0.523. The van der Waals surface area contributed by atoms with Crippen LogP contribution in [0.2, 0.25) is 0 Å². The molecule has 0 saturated heterocycles. The van der Waals surface area contributed by atoms with E-state index in [-0.39, 0.29) is 0 Å². The molecule has 0 unspecified atom stereocenters. The minimum absolute atomic E-state index is 1.13. The van der Waals surface area contributed by atoms with Crippen molar-refractivity contribution in [2.75, 3.05) is 0 Å². The molecule has 0 bridgehead atoms. The molecule has 0 fully saturated rings. The summed E-state index contributed by atoms with van der Waals surface area (Å²) in [5, 5.41) is 0. The van der Waals surface area contributed by atoms with Crippen LogP contribution in [0.15, 0.2) is 21.3 Å². The predicted octanol–water partition coefficient (Wildman–Crippen LogP) is 4.07. The Morgan fingerprint density at radius 2 is 1.70 bits per heavy atom. The van der Waals surface area contributed by atoms with Crippen molar-refractivity contribution in [3.63, 3.8) is 0 Å². The van der Waals surface area contributed by atoms with E-state index in [1.807, 2.05) is 0 Å². The highest BCUT2D eigenvalue weighted by Gasteiger charge is 1.93. The molecule has 0 aliphatic carbocycles. The largest absolute Gasteiger partial charge is 0.100 e. The summed E-state index contributed by atoms with van der Waals surface area (Å²) in [7, 11) is 0. The van der Waals surface area contributed by atoms with E-state index >= 15 is 0 Å². The molecule has 0 nitrogen and oxygen atoms in total. The molecule has 0 heterocycles. The fraction of sp³-hybridized carbons (Fsp3) is 0.556. The molecule has 0 rings (SSSR count).